The fourth-order valence-corrected chi connectivity index (χ4v) is 5.01. The van der Waals surface area contributed by atoms with Crippen molar-refractivity contribution in [2.24, 2.45) is 0 Å². The van der Waals surface area contributed by atoms with E-state index >= 15 is 0 Å². The average Bonchev–Trinajstić information content (AvgIpc) is 3.35. The third-order valence-corrected chi connectivity index (χ3v) is 6.54. The molecule has 0 radical (unpaired) electrons. The summed E-state index contributed by atoms with van der Waals surface area (Å²) in [5.41, 5.74) is 1.06. The minimum Gasteiger partial charge on any atom is -0.460 e. The van der Waals surface area contributed by atoms with Gasteiger partial charge in [0.1, 0.15) is 16.9 Å². The van der Waals surface area contributed by atoms with Crippen LogP contribution in [0.1, 0.15) is 83.8 Å². The third-order valence-electron chi connectivity index (χ3n) is 5.40. The topological polar surface area (TPSA) is 56.5 Å². The highest BCUT2D eigenvalue weighted by atomic mass is 32.1. The third kappa shape index (κ3) is 4.08. The van der Waals surface area contributed by atoms with Crippen molar-refractivity contribution in [3.8, 4) is 0 Å². The molecular formula is C25H28O4S. The molecule has 1 aliphatic carbocycles. The molecule has 158 valence electrons. The predicted octanol–water partition coefficient (Wildman–Crippen LogP) is 6.34. The number of benzene rings is 1. The van der Waals surface area contributed by atoms with Gasteiger partial charge >= 0.3 is 5.97 Å². The number of esters is 1. The van der Waals surface area contributed by atoms with E-state index in [4.69, 9.17) is 9.15 Å². The van der Waals surface area contributed by atoms with Gasteiger partial charge < -0.3 is 9.15 Å². The lowest BCUT2D eigenvalue weighted by Crippen LogP contribution is -2.24. The van der Waals surface area contributed by atoms with Crippen molar-refractivity contribution >= 4 is 28.3 Å². The number of ether oxygens (including phenoxy) is 1. The van der Waals surface area contributed by atoms with Crippen LogP contribution in [-0.2, 0) is 11.2 Å². The SMILES string of the molecule is CCCc1c(C2CC2c2ccc(C)s2)oc2ccc(C(=O)OC(C)(C)C)cc2c1=O. The van der Waals surface area contributed by atoms with Gasteiger partial charge in [0, 0.05) is 27.2 Å². The van der Waals surface area contributed by atoms with E-state index < -0.39 is 11.6 Å². The number of aryl methyl sites for hydroxylation is 1. The summed E-state index contributed by atoms with van der Waals surface area (Å²) < 4.78 is 11.8. The van der Waals surface area contributed by atoms with Gasteiger partial charge in [-0.3, -0.25) is 4.79 Å². The summed E-state index contributed by atoms with van der Waals surface area (Å²) in [7, 11) is 0. The highest BCUT2D eigenvalue weighted by molar-refractivity contribution is 7.12. The zero-order valence-corrected chi connectivity index (χ0v) is 19.0. The zero-order valence-electron chi connectivity index (χ0n) is 18.2. The fourth-order valence-electron chi connectivity index (χ4n) is 3.95. The summed E-state index contributed by atoms with van der Waals surface area (Å²) in [6.07, 6.45) is 2.56. The molecule has 0 amide bonds. The van der Waals surface area contributed by atoms with E-state index in [0.717, 1.165) is 24.2 Å². The fraction of sp³-hybridized carbons (Fsp3) is 0.440. The van der Waals surface area contributed by atoms with E-state index in [9.17, 15) is 9.59 Å². The molecule has 0 spiro atoms. The quantitative estimate of drug-likeness (QED) is 0.448. The van der Waals surface area contributed by atoms with Gasteiger partial charge in [0.15, 0.2) is 5.43 Å². The molecular weight excluding hydrogens is 396 g/mol. The summed E-state index contributed by atoms with van der Waals surface area (Å²) in [6.45, 7) is 9.66. The van der Waals surface area contributed by atoms with Crippen LogP contribution in [0.25, 0.3) is 11.0 Å². The van der Waals surface area contributed by atoms with E-state index in [2.05, 4.69) is 26.0 Å². The number of thiophene rings is 1. The van der Waals surface area contributed by atoms with E-state index in [1.54, 1.807) is 18.2 Å². The standard InChI is InChI=1S/C25H28O4S/c1-6-7-16-22(26)19-12-15(24(27)29-25(3,4)5)9-10-20(19)28-23(16)18-13-17(18)21-11-8-14(2)30-21/h8-12,17-18H,6-7,13H2,1-5H3. The van der Waals surface area contributed by atoms with Crippen molar-refractivity contribution < 1.29 is 13.9 Å². The second kappa shape index (κ2) is 7.69. The molecule has 1 aromatic carbocycles. The van der Waals surface area contributed by atoms with E-state index in [1.807, 2.05) is 32.1 Å². The largest absolute Gasteiger partial charge is 0.460 e. The van der Waals surface area contributed by atoms with Crippen LogP contribution in [-0.4, -0.2) is 11.6 Å². The van der Waals surface area contributed by atoms with Crippen molar-refractivity contribution in [2.75, 3.05) is 0 Å². The molecule has 3 aromatic rings. The second-order valence-corrected chi connectivity index (χ2v) is 10.5. The maximum Gasteiger partial charge on any atom is 0.338 e. The maximum absolute atomic E-state index is 13.4. The minimum absolute atomic E-state index is 0.0217. The Hall–Kier alpha value is -2.40. The molecule has 5 heteroatoms. The number of carbonyl (C=O) groups is 1. The zero-order chi connectivity index (χ0) is 21.6. The number of fused-ring (bicyclic) bond motifs is 1. The van der Waals surface area contributed by atoms with Crippen molar-refractivity contribution in [3.05, 3.63) is 67.2 Å². The Morgan fingerprint density at radius 2 is 1.97 bits per heavy atom. The van der Waals surface area contributed by atoms with E-state index in [0.29, 0.717) is 28.9 Å². The van der Waals surface area contributed by atoms with Gasteiger partial charge in [-0.15, -0.1) is 11.3 Å². The number of hydrogen-bond acceptors (Lipinski definition) is 5. The molecule has 2 atom stereocenters. The van der Waals surface area contributed by atoms with Gasteiger partial charge in [-0.25, -0.2) is 4.79 Å². The Morgan fingerprint density at radius 3 is 2.60 bits per heavy atom. The molecule has 4 nitrogen and oxygen atoms in total. The molecule has 4 rings (SSSR count). The highest BCUT2D eigenvalue weighted by Crippen LogP contribution is 2.57. The first-order valence-corrected chi connectivity index (χ1v) is 11.4. The van der Waals surface area contributed by atoms with Gasteiger partial charge in [0.2, 0.25) is 0 Å². The molecule has 0 saturated heterocycles. The molecule has 0 N–H and O–H groups in total. The van der Waals surface area contributed by atoms with Crippen LogP contribution < -0.4 is 5.43 Å². The maximum atomic E-state index is 13.4. The number of carbonyl (C=O) groups excluding carboxylic acids is 1. The first-order chi connectivity index (χ1) is 14.2. The lowest BCUT2D eigenvalue weighted by atomic mass is 10.0. The van der Waals surface area contributed by atoms with Crippen molar-refractivity contribution in [1.82, 2.24) is 0 Å². The van der Waals surface area contributed by atoms with Gasteiger partial charge in [0.25, 0.3) is 0 Å². The molecule has 0 aliphatic heterocycles. The summed E-state index contributed by atoms with van der Waals surface area (Å²) in [5.74, 6) is 1.09. The van der Waals surface area contributed by atoms with Gasteiger partial charge in [-0.05, 0) is 70.9 Å². The Balaban J connectivity index is 1.74. The Kier molecular flexibility index (Phi) is 5.35. The lowest BCUT2D eigenvalue weighted by Gasteiger charge is -2.19. The normalized spacial score (nSPS) is 18.6. The summed E-state index contributed by atoms with van der Waals surface area (Å²) in [5, 5.41) is 0.453. The molecule has 2 unspecified atom stereocenters. The van der Waals surface area contributed by atoms with Crippen molar-refractivity contribution in [3.63, 3.8) is 0 Å². The molecule has 2 aromatic heterocycles. The van der Waals surface area contributed by atoms with E-state index in [1.165, 1.54) is 9.75 Å². The molecule has 30 heavy (non-hydrogen) atoms. The van der Waals surface area contributed by atoms with Gasteiger partial charge in [-0.1, -0.05) is 13.3 Å². The monoisotopic (exact) mass is 424 g/mol. The van der Waals surface area contributed by atoms with Crippen LogP contribution in [0.2, 0.25) is 0 Å². The van der Waals surface area contributed by atoms with Crippen LogP contribution in [0, 0.1) is 6.92 Å². The van der Waals surface area contributed by atoms with Crippen LogP contribution in [0.15, 0.2) is 39.5 Å². The highest BCUT2D eigenvalue weighted by Gasteiger charge is 2.44. The summed E-state index contributed by atoms with van der Waals surface area (Å²) in [6, 6.07) is 9.36. The van der Waals surface area contributed by atoms with Crippen molar-refractivity contribution in [1.29, 1.82) is 0 Å². The average molecular weight is 425 g/mol. The first-order valence-electron chi connectivity index (χ1n) is 10.6. The summed E-state index contributed by atoms with van der Waals surface area (Å²) in [4.78, 5) is 28.5. The van der Waals surface area contributed by atoms with Crippen LogP contribution in [0.4, 0.5) is 0 Å². The van der Waals surface area contributed by atoms with Crippen LogP contribution >= 0.6 is 11.3 Å². The number of hydrogen-bond donors (Lipinski definition) is 0. The smallest absolute Gasteiger partial charge is 0.338 e. The van der Waals surface area contributed by atoms with Gasteiger partial charge in [0.05, 0.1) is 10.9 Å². The molecule has 2 heterocycles. The Morgan fingerprint density at radius 1 is 1.20 bits per heavy atom. The molecule has 0 bridgehead atoms. The van der Waals surface area contributed by atoms with E-state index in [-0.39, 0.29) is 11.3 Å². The van der Waals surface area contributed by atoms with Gasteiger partial charge in [-0.2, -0.15) is 0 Å². The van der Waals surface area contributed by atoms with Crippen LogP contribution in [0.5, 0.6) is 0 Å². The summed E-state index contributed by atoms with van der Waals surface area (Å²) >= 11 is 1.82. The second-order valence-electron chi connectivity index (χ2n) is 9.13. The lowest BCUT2D eigenvalue weighted by molar-refractivity contribution is 0.00697. The van der Waals surface area contributed by atoms with Crippen LogP contribution in [0.3, 0.4) is 0 Å². The molecule has 1 saturated carbocycles. The first kappa shape index (κ1) is 20.9. The molecule has 1 aliphatic rings. The minimum atomic E-state index is -0.588. The van der Waals surface area contributed by atoms with Crippen molar-refractivity contribution in [2.45, 2.75) is 71.3 Å². The predicted molar refractivity (Wildman–Crippen MR) is 121 cm³/mol. The Bertz CT molecular complexity index is 1160. The Labute approximate surface area is 180 Å². The molecule has 1 fully saturated rings. The number of rotatable bonds is 5.